The summed E-state index contributed by atoms with van der Waals surface area (Å²) in [7, 11) is 0. The second-order valence-electron chi connectivity index (χ2n) is 3.33. The molecule has 78 valence electrons. The summed E-state index contributed by atoms with van der Waals surface area (Å²) in [5.74, 6) is 0. The maximum absolute atomic E-state index is 4.10. The lowest BCUT2D eigenvalue weighted by Gasteiger charge is -2.05. The molecular weight excluding hydrogens is 272 g/mol. The van der Waals surface area contributed by atoms with Crippen molar-refractivity contribution in [1.29, 1.82) is 0 Å². The molecule has 2 heterocycles. The molecule has 2 nitrogen and oxygen atoms in total. The number of hydrogen-bond acceptors (Lipinski definition) is 3. The lowest BCUT2D eigenvalue weighted by atomic mass is 10.2. The number of halogens is 1. The minimum Gasteiger partial charge on any atom is -0.380 e. The number of nitrogens with one attached hydrogen (secondary N) is 1. The van der Waals surface area contributed by atoms with Gasteiger partial charge in [0.15, 0.2) is 0 Å². The molecule has 0 aliphatic carbocycles. The number of thiophene rings is 1. The molecule has 0 fully saturated rings. The zero-order valence-corrected chi connectivity index (χ0v) is 10.7. The molecule has 0 radical (unpaired) electrons. The molecule has 0 bridgehead atoms. The first-order valence-corrected chi connectivity index (χ1v) is 6.35. The Bertz CT molecular complexity index is 453. The summed E-state index contributed by atoms with van der Waals surface area (Å²) in [5, 5.41) is 7.68. The van der Waals surface area contributed by atoms with Crippen LogP contribution >= 0.6 is 27.3 Å². The van der Waals surface area contributed by atoms with Crippen LogP contribution in [0.5, 0.6) is 0 Å². The average molecular weight is 283 g/mol. The highest BCUT2D eigenvalue weighted by molar-refractivity contribution is 9.10. The van der Waals surface area contributed by atoms with Crippen molar-refractivity contribution in [3.05, 3.63) is 44.8 Å². The highest BCUT2D eigenvalue weighted by Crippen LogP contribution is 2.17. The Morgan fingerprint density at radius 1 is 1.40 bits per heavy atom. The van der Waals surface area contributed by atoms with Gasteiger partial charge in [0.25, 0.3) is 0 Å². The smallest absolute Gasteiger partial charge is 0.0540 e. The van der Waals surface area contributed by atoms with Crippen LogP contribution in [0.3, 0.4) is 0 Å². The fourth-order valence-corrected chi connectivity index (χ4v) is 2.50. The zero-order chi connectivity index (χ0) is 10.7. The van der Waals surface area contributed by atoms with Crippen molar-refractivity contribution in [2.24, 2.45) is 0 Å². The summed E-state index contributed by atoms with van der Waals surface area (Å²) in [6.07, 6.45) is 3.60. The maximum atomic E-state index is 4.10. The molecule has 0 spiro atoms. The number of aromatic nitrogens is 1. The standard InChI is InChI=1S/C11H11BrN2S/c1-8-6-15-7-9(8)3-14-11-2-10(12)4-13-5-11/h2,4-7,14H,3H2,1H3. The van der Waals surface area contributed by atoms with Crippen molar-refractivity contribution in [2.75, 3.05) is 5.32 Å². The Hall–Kier alpha value is -0.870. The van der Waals surface area contributed by atoms with E-state index in [4.69, 9.17) is 0 Å². The van der Waals surface area contributed by atoms with Crippen LogP contribution in [0.4, 0.5) is 5.69 Å². The topological polar surface area (TPSA) is 24.9 Å². The van der Waals surface area contributed by atoms with Crippen molar-refractivity contribution >= 4 is 33.0 Å². The Morgan fingerprint density at radius 3 is 2.93 bits per heavy atom. The predicted octanol–water partition coefficient (Wildman–Crippen LogP) is 3.83. The van der Waals surface area contributed by atoms with Crippen molar-refractivity contribution in [1.82, 2.24) is 4.98 Å². The predicted molar refractivity (Wildman–Crippen MR) is 68.3 cm³/mol. The first kappa shape index (κ1) is 10.6. The van der Waals surface area contributed by atoms with Crippen LogP contribution in [-0.2, 0) is 6.54 Å². The lowest BCUT2D eigenvalue weighted by molar-refractivity contribution is 1.12. The molecule has 2 aromatic rings. The number of hydrogen-bond donors (Lipinski definition) is 1. The minimum atomic E-state index is 0.855. The van der Waals surface area contributed by atoms with Crippen LogP contribution in [0, 0.1) is 6.92 Å². The molecule has 0 saturated heterocycles. The largest absolute Gasteiger partial charge is 0.380 e. The maximum Gasteiger partial charge on any atom is 0.0540 e. The van der Waals surface area contributed by atoms with E-state index in [0.717, 1.165) is 16.7 Å². The van der Waals surface area contributed by atoms with Gasteiger partial charge in [0.05, 0.1) is 11.9 Å². The van der Waals surface area contributed by atoms with Gasteiger partial charge in [0.1, 0.15) is 0 Å². The molecule has 0 aliphatic rings. The molecular formula is C11H11BrN2S. The van der Waals surface area contributed by atoms with E-state index in [0.29, 0.717) is 0 Å². The van der Waals surface area contributed by atoms with Crippen LogP contribution in [0.15, 0.2) is 33.7 Å². The second-order valence-corrected chi connectivity index (χ2v) is 4.98. The summed E-state index contributed by atoms with van der Waals surface area (Å²) < 4.78 is 0.995. The summed E-state index contributed by atoms with van der Waals surface area (Å²) in [5.41, 5.74) is 3.73. The van der Waals surface area contributed by atoms with Crippen molar-refractivity contribution < 1.29 is 0 Å². The molecule has 4 heteroatoms. The fourth-order valence-electron chi connectivity index (χ4n) is 1.27. The van der Waals surface area contributed by atoms with E-state index >= 15 is 0 Å². The minimum absolute atomic E-state index is 0.855. The van der Waals surface area contributed by atoms with Gasteiger partial charge in [-0.3, -0.25) is 4.98 Å². The number of pyridine rings is 1. The van der Waals surface area contributed by atoms with Gasteiger partial charge in [-0.05, 0) is 50.8 Å². The van der Waals surface area contributed by atoms with Gasteiger partial charge in [0, 0.05) is 17.2 Å². The van der Waals surface area contributed by atoms with E-state index in [1.807, 2.05) is 12.3 Å². The second kappa shape index (κ2) is 4.77. The quantitative estimate of drug-likeness (QED) is 0.926. The average Bonchev–Trinajstić information content (AvgIpc) is 2.61. The normalized spacial score (nSPS) is 10.3. The van der Waals surface area contributed by atoms with E-state index in [-0.39, 0.29) is 0 Å². The summed E-state index contributed by atoms with van der Waals surface area (Å²) in [4.78, 5) is 4.10. The van der Waals surface area contributed by atoms with E-state index in [1.54, 1.807) is 17.5 Å². The number of rotatable bonds is 3. The Balaban J connectivity index is 2.02. The van der Waals surface area contributed by atoms with Gasteiger partial charge in [-0.1, -0.05) is 0 Å². The number of aryl methyl sites for hydroxylation is 1. The third-order valence-corrected chi connectivity index (χ3v) is 3.49. The molecule has 0 atom stereocenters. The third kappa shape index (κ3) is 2.79. The van der Waals surface area contributed by atoms with Crippen LogP contribution in [0.25, 0.3) is 0 Å². The van der Waals surface area contributed by atoms with Crippen molar-refractivity contribution in [3.63, 3.8) is 0 Å². The molecule has 0 saturated carbocycles. The molecule has 2 rings (SSSR count). The first-order chi connectivity index (χ1) is 7.25. The Morgan fingerprint density at radius 2 is 2.27 bits per heavy atom. The van der Waals surface area contributed by atoms with E-state index in [1.165, 1.54) is 11.1 Å². The van der Waals surface area contributed by atoms with Crippen molar-refractivity contribution in [3.8, 4) is 0 Å². The van der Waals surface area contributed by atoms with Crippen LogP contribution in [0.2, 0.25) is 0 Å². The fraction of sp³-hybridized carbons (Fsp3) is 0.182. The van der Waals surface area contributed by atoms with Gasteiger partial charge < -0.3 is 5.32 Å². The molecule has 15 heavy (non-hydrogen) atoms. The molecule has 0 aromatic carbocycles. The lowest BCUT2D eigenvalue weighted by Crippen LogP contribution is -1.99. The highest BCUT2D eigenvalue weighted by Gasteiger charge is 1.99. The summed E-state index contributed by atoms with van der Waals surface area (Å²) in [6.45, 7) is 2.99. The number of anilines is 1. The van der Waals surface area contributed by atoms with Crippen LogP contribution in [0.1, 0.15) is 11.1 Å². The van der Waals surface area contributed by atoms with Gasteiger partial charge in [0.2, 0.25) is 0 Å². The van der Waals surface area contributed by atoms with Gasteiger partial charge >= 0.3 is 0 Å². The van der Waals surface area contributed by atoms with E-state index in [2.05, 4.69) is 43.9 Å². The van der Waals surface area contributed by atoms with Crippen molar-refractivity contribution in [2.45, 2.75) is 13.5 Å². The SMILES string of the molecule is Cc1cscc1CNc1cncc(Br)c1. The highest BCUT2D eigenvalue weighted by atomic mass is 79.9. The Labute approximate surface area is 101 Å². The summed E-state index contributed by atoms with van der Waals surface area (Å²) >= 11 is 5.13. The summed E-state index contributed by atoms with van der Waals surface area (Å²) in [6, 6.07) is 2.02. The molecule has 0 unspecified atom stereocenters. The van der Waals surface area contributed by atoms with E-state index in [9.17, 15) is 0 Å². The monoisotopic (exact) mass is 282 g/mol. The zero-order valence-electron chi connectivity index (χ0n) is 8.33. The molecule has 0 amide bonds. The molecule has 0 aliphatic heterocycles. The van der Waals surface area contributed by atoms with Gasteiger partial charge in [-0.25, -0.2) is 0 Å². The van der Waals surface area contributed by atoms with Gasteiger partial charge in [-0.2, -0.15) is 11.3 Å². The van der Waals surface area contributed by atoms with Crippen LogP contribution in [-0.4, -0.2) is 4.98 Å². The molecule has 2 aromatic heterocycles. The number of nitrogens with zero attached hydrogens (tertiary/aromatic N) is 1. The van der Waals surface area contributed by atoms with Gasteiger partial charge in [-0.15, -0.1) is 0 Å². The Kier molecular flexibility index (Phi) is 3.38. The third-order valence-electron chi connectivity index (χ3n) is 2.15. The first-order valence-electron chi connectivity index (χ1n) is 4.62. The van der Waals surface area contributed by atoms with E-state index < -0.39 is 0 Å². The van der Waals surface area contributed by atoms with Crippen LogP contribution < -0.4 is 5.32 Å². The molecule has 1 N–H and O–H groups in total.